The second-order valence-corrected chi connectivity index (χ2v) is 4.83. The van der Waals surface area contributed by atoms with Gasteiger partial charge in [-0.15, -0.1) is 11.6 Å². The van der Waals surface area contributed by atoms with Gasteiger partial charge in [-0.2, -0.15) is 8.78 Å². The van der Waals surface area contributed by atoms with Crippen LogP contribution in [-0.4, -0.2) is 6.61 Å². The first-order chi connectivity index (χ1) is 9.99. The van der Waals surface area contributed by atoms with Gasteiger partial charge in [-0.3, -0.25) is 0 Å². The van der Waals surface area contributed by atoms with Crippen LogP contribution in [0.5, 0.6) is 5.75 Å². The normalized spacial score (nSPS) is 12.5. The molecule has 0 bridgehead atoms. The van der Waals surface area contributed by atoms with Crippen molar-refractivity contribution >= 4 is 11.6 Å². The quantitative estimate of drug-likeness (QED) is 0.551. The molecule has 6 heteroatoms. The van der Waals surface area contributed by atoms with Crippen LogP contribution in [0.4, 0.5) is 17.6 Å². The number of para-hydroxylation sites is 1. The molecule has 0 aliphatic rings. The molecule has 2 rings (SSSR count). The third kappa shape index (κ3) is 3.88. The summed E-state index contributed by atoms with van der Waals surface area (Å²) in [7, 11) is 0. The van der Waals surface area contributed by atoms with Crippen molar-refractivity contribution in [3.05, 3.63) is 65.2 Å². The van der Waals surface area contributed by atoms with E-state index in [1.54, 1.807) is 6.07 Å². The Hall–Kier alpha value is -1.75. The molecule has 1 atom stereocenters. The fraction of sp³-hybridized carbons (Fsp3) is 0.200. The average Bonchev–Trinajstić information content (AvgIpc) is 2.44. The van der Waals surface area contributed by atoms with Gasteiger partial charge in [-0.05, 0) is 24.1 Å². The molecule has 0 saturated heterocycles. The average molecular weight is 319 g/mol. The van der Waals surface area contributed by atoms with Gasteiger partial charge < -0.3 is 4.74 Å². The molecule has 0 heterocycles. The Balaban J connectivity index is 2.24. The van der Waals surface area contributed by atoms with E-state index in [1.165, 1.54) is 30.3 Å². The Morgan fingerprint density at radius 2 is 1.71 bits per heavy atom. The molecule has 0 aliphatic heterocycles. The highest BCUT2D eigenvalue weighted by molar-refractivity contribution is 6.21. The van der Waals surface area contributed by atoms with Gasteiger partial charge in [-0.1, -0.05) is 30.3 Å². The number of ether oxygens (including phenoxy) is 1. The second-order valence-electron chi connectivity index (χ2n) is 4.30. The highest BCUT2D eigenvalue weighted by Crippen LogP contribution is 2.33. The highest BCUT2D eigenvalue weighted by Gasteiger charge is 2.19. The first kappa shape index (κ1) is 15.6. The van der Waals surface area contributed by atoms with Crippen molar-refractivity contribution in [1.29, 1.82) is 0 Å². The van der Waals surface area contributed by atoms with E-state index in [0.717, 1.165) is 6.07 Å². The molecule has 0 aliphatic carbocycles. The lowest BCUT2D eigenvalue weighted by atomic mass is 10.0. The summed E-state index contributed by atoms with van der Waals surface area (Å²) in [5.74, 6) is -2.05. The maximum Gasteiger partial charge on any atom is 0.387 e. The van der Waals surface area contributed by atoms with E-state index in [1.807, 2.05) is 0 Å². The summed E-state index contributed by atoms with van der Waals surface area (Å²) < 4.78 is 55.8. The fourth-order valence-corrected chi connectivity index (χ4v) is 2.30. The van der Waals surface area contributed by atoms with Crippen molar-refractivity contribution in [1.82, 2.24) is 0 Å². The molecule has 0 amide bonds. The smallest absolute Gasteiger partial charge is 0.387 e. The van der Waals surface area contributed by atoms with Crippen LogP contribution in [0.25, 0.3) is 0 Å². The Kier molecular flexibility index (Phi) is 5.07. The summed E-state index contributed by atoms with van der Waals surface area (Å²) in [5, 5.41) is -0.823. The first-order valence-corrected chi connectivity index (χ1v) is 6.53. The highest BCUT2D eigenvalue weighted by atomic mass is 35.5. The van der Waals surface area contributed by atoms with Gasteiger partial charge in [0.2, 0.25) is 0 Å². The zero-order valence-corrected chi connectivity index (χ0v) is 11.5. The summed E-state index contributed by atoms with van der Waals surface area (Å²) in [6, 6.07) is 9.73. The first-order valence-electron chi connectivity index (χ1n) is 6.09. The van der Waals surface area contributed by atoms with Crippen LogP contribution in [0.1, 0.15) is 16.5 Å². The summed E-state index contributed by atoms with van der Waals surface area (Å²) in [6.45, 7) is -2.99. The van der Waals surface area contributed by atoms with Crippen LogP contribution in [0.2, 0.25) is 0 Å². The zero-order chi connectivity index (χ0) is 15.4. The van der Waals surface area contributed by atoms with Crippen LogP contribution in [-0.2, 0) is 6.42 Å². The molecule has 0 saturated carbocycles. The molecule has 0 spiro atoms. The topological polar surface area (TPSA) is 9.23 Å². The number of benzene rings is 2. The molecule has 21 heavy (non-hydrogen) atoms. The predicted octanol–water partition coefficient (Wildman–Crippen LogP) is 5.09. The van der Waals surface area contributed by atoms with Crippen LogP contribution < -0.4 is 4.74 Å². The summed E-state index contributed by atoms with van der Waals surface area (Å²) in [4.78, 5) is 0. The molecular weight excluding hydrogens is 308 g/mol. The monoisotopic (exact) mass is 318 g/mol. The molecule has 0 N–H and O–H groups in total. The number of rotatable bonds is 5. The van der Waals surface area contributed by atoms with Gasteiger partial charge in [0.15, 0.2) is 11.6 Å². The van der Waals surface area contributed by atoms with Gasteiger partial charge in [0.25, 0.3) is 0 Å². The standard InChI is InChI=1S/C15H11ClF4O/c16-11(8-9-4-3-6-12(17)14(9)18)10-5-1-2-7-13(10)21-15(19)20/h1-7,11,15H,8H2. The van der Waals surface area contributed by atoms with Gasteiger partial charge in [0.1, 0.15) is 5.75 Å². The SMILES string of the molecule is Fc1cccc(CC(Cl)c2ccccc2OC(F)F)c1F. The molecule has 2 aromatic rings. The van der Waals surface area contributed by atoms with E-state index in [0.29, 0.717) is 5.56 Å². The number of hydrogen-bond donors (Lipinski definition) is 0. The Labute approximate surface area is 124 Å². The van der Waals surface area contributed by atoms with Crippen molar-refractivity contribution in [2.24, 2.45) is 0 Å². The van der Waals surface area contributed by atoms with Crippen molar-refractivity contribution in [2.45, 2.75) is 18.4 Å². The van der Waals surface area contributed by atoms with Gasteiger partial charge in [0, 0.05) is 5.56 Å². The van der Waals surface area contributed by atoms with Gasteiger partial charge in [0.05, 0.1) is 5.38 Å². The molecule has 1 nitrogen and oxygen atoms in total. The van der Waals surface area contributed by atoms with Crippen molar-refractivity contribution in [2.75, 3.05) is 0 Å². The maximum atomic E-state index is 13.6. The van der Waals surface area contributed by atoms with E-state index in [4.69, 9.17) is 11.6 Å². The summed E-state index contributed by atoms with van der Waals surface area (Å²) >= 11 is 6.14. The van der Waals surface area contributed by atoms with Crippen LogP contribution in [0.15, 0.2) is 42.5 Å². The van der Waals surface area contributed by atoms with Gasteiger partial charge >= 0.3 is 6.61 Å². The lowest BCUT2D eigenvalue weighted by Gasteiger charge is -2.15. The zero-order valence-electron chi connectivity index (χ0n) is 10.7. The minimum absolute atomic E-state index is 0.0469. The van der Waals surface area contributed by atoms with E-state index in [2.05, 4.69) is 4.74 Å². The lowest BCUT2D eigenvalue weighted by Crippen LogP contribution is -2.07. The largest absolute Gasteiger partial charge is 0.434 e. The van der Waals surface area contributed by atoms with E-state index < -0.39 is 23.6 Å². The lowest BCUT2D eigenvalue weighted by molar-refractivity contribution is -0.0504. The minimum atomic E-state index is -2.99. The van der Waals surface area contributed by atoms with Crippen LogP contribution >= 0.6 is 11.6 Å². The fourth-order valence-electron chi connectivity index (χ4n) is 1.95. The summed E-state index contributed by atoms with van der Waals surface area (Å²) in [5.41, 5.74) is 0.366. The number of halogens is 5. The van der Waals surface area contributed by atoms with E-state index in [-0.39, 0.29) is 17.7 Å². The van der Waals surface area contributed by atoms with E-state index >= 15 is 0 Å². The summed E-state index contributed by atoms with van der Waals surface area (Å²) in [6.07, 6.45) is -0.0469. The number of hydrogen-bond acceptors (Lipinski definition) is 1. The third-order valence-corrected chi connectivity index (χ3v) is 3.29. The van der Waals surface area contributed by atoms with Gasteiger partial charge in [-0.25, -0.2) is 8.78 Å². The van der Waals surface area contributed by atoms with E-state index in [9.17, 15) is 17.6 Å². The molecule has 112 valence electrons. The Bertz CT molecular complexity index is 618. The number of alkyl halides is 3. The van der Waals surface area contributed by atoms with Crippen LogP contribution in [0.3, 0.4) is 0 Å². The second kappa shape index (κ2) is 6.80. The molecule has 0 radical (unpaired) electrons. The Morgan fingerprint density at radius 1 is 1.00 bits per heavy atom. The minimum Gasteiger partial charge on any atom is -0.434 e. The molecule has 1 unspecified atom stereocenters. The van der Waals surface area contributed by atoms with Crippen molar-refractivity contribution in [3.8, 4) is 5.75 Å². The molecule has 2 aromatic carbocycles. The maximum absolute atomic E-state index is 13.6. The predicted molar refractivity (Wildman–Crippen MR) is 71.7 cm³/mol. The molecule has 0 fully saturated rings. The molecule has 0 aromatic heterocycles. The third-order valence-electron chi connectivity index (χ3n) is 2.90. The van der Waals surface area contributed by atoms with Crippen molar-refractivity contribution < 1.29 is 22.3 Å². The van der Waals surface area contributed by atoms with Crippen molar-refractivity contribution in [3.63, 3.8) is 0 Å². The molecular formula is C15H11ClF4O. The van der Waals surface area contributed by atoms with Crippen LogP contribution in [0, 0.1) is 11.6 Å². The Morgan fingerprint density at radius 3 is 2.43 bits per heavy atom.